The fraction of sp³-hybridized carbons (Fsp3) is 0.800. The second-order valence-corrected chi connectivity index (χ2v) is 4.13. The van der Waals surface area contributed by atoms with Crippen molar-refractivity contribution in [1.82, 2.24) is 4.31 Å². The lowest BCUT2D eigenvalue weighted by molar-refractivity contribution is 0.514. The van der Waals surface area contributed by atoms with E-state index in [1.54, 1.807) is 6.54 Å². The van der Waals surface area contributed by atoms with Crippen molar-refractivity contribution in [2.45, 2.75) is 12.8 Å². The Kier molecular flexibility index (Phi) is 1.77. The Labute approximate surface area is 55.7 Å². The van der Waals surface area contributed by atoms with Crippen molar-refractivity contribution in [3.63, 3.8) is 0 Å². The van der Waals surface area contributed by atoms with E-state index in [1.807, 2.05) is 0 Å². The zero-order chi connectivity index (χ0) is 6.91. The molecule has 0 atom stereocenters. The first-order valence-electron chi connectivity index (χ1n) is 2.91. The molecule has 1 rings (SSSR count). The Morgan fingerprint density at radius 1 is 1.56 bits per heavy atom. The Bertz CT molecular complexity index is 179. The standard InChI is InChI=1S/C5H10NO2S/c1-9(7,8)6-4-2-3-5-6/h4H,2-3,5H2,1H3. The second-order valence-electron chi connectivity index (χ2n) is 2.20. The van der Waals surface area contributed by atoms with Gasteiger partial charge in [0.25, 0.3) is 0 Å². The molecule has 0 N–H and O–H groups in total. The zero-order valence-corrected chi connectivity index (χ0v) is 6.19. The predicted molar refractivity (Wildman–Crippen MR) is 35.1 cm³/mol. The first-order chi connectivity index (χ1) is 4.11. The molecule has 0 spiro atoms. The van der Waals surface area contributed by atoms with Gasteiger partial charge in [-0.2, -0.15) is 4.31 Å². The fourth-order valence-corrected chi connectivity index (χ4v) is 1.71. The first-order valence-corrected chi connectivity index (χ1v) is 4.76. The van der Waals surface area contributed by atoms with Crippen LogP contribution < -0.4 is 0 Å². The van der Waals surface area contributed by atoms with Crippen molar-refractivity contribution in [2.24, 2.45) is 0 Å². The summed E-state index contributed by atoms with van der Waals surface area (Å²) >= 11 is 0. The minimum absolute atomic E-state index is 0.666. The molecule has 0 aromatic rings. The van der Waals surface area contributed by atoms with E-state index in [9.17, 15) is 8.42 Å². The van der Waals surface area contributed by atoms with Gasteiger partial charge in [-0.05, 0) is 12.8 Å². The first kappa shape index (κ1) is 7.02. The van der Waals surface area contributed by atoms with Crippen LogP contribution in [0.1, 0.15) is 12.8 Å². The summed E-state index contributed by atoms with van der Waals surface area (Å²) in [6, 6.07) is 0. The molecule has 0 aromatic carbocycles. The van der Waals surface area contributed by atoms with Gasteiger partial charge in [0, 0.05) is 13.1 Å². The van der Waals surface area contributed by atoms with Crippen LogP contribution in [0.15, 0.2) is 0 Å². The van der Waals surface area contributed by atoms with Crippen molar-refractivity contribution >= 4 is 10.0 Å². The molecule has 1 heterocycles. The third-order valence-electron chi connectivity index (χ3n) is 1.34. The van der Waals surface area contributed by atoms with Crippen LogP contribution in [0.4, 0.5) is 0 Å². The quantitative estimate of drug-likeness (QED) is 0.533. The Balaban J connectivity index is 2.63. The van der Waals surface area contributed by atoms with Crippen molar-refractivity contribution < 1.29 is 8.42 Å². The average molecular weight is 148 g/mol. The molecule has 4 heteroatoms. The van der Waals surface area contributed by atoms with Crippen molar-refractivity contribution in [3.8, 4) is 0 Å². The smallest absolute Gasteiger partial charge is 0.211 e. The fourth-order valence-electron chi connectivity index (χ4n) is 0.875. The van der Waals surface area contributed by atoms with Crippen molar-refractivity contribution in [3.05, 3.63) is 6.54 Å². The topological polar surface area (TPSA) is 37.4 Å². The van der Waals surface area contributed by atoms with Crippen LogP contribution >= 0.6 is 0 Å². The minimum atomic E-state index is -2.92. The van der Waals surface area contributed by atoms with Gasteiger partial charge in [0.2, 0.25) is 10.0 Å². The van der Waals surface area contributed by atoms with Gasteiger partial charge in [-0.15, -0.1) is 0 Å². The normalized spacial score (nSPS) is 22.8. The summed E-state index contributed by atoms with van der Waals surface area (Å²) in [4.78, 5) is 0. The molecule has 1 aliphatic rings. The largest absolute Gasteiger partial charge is 0.212 e. The van der Waals surface area contributed by atoms with E-state index in [0.29, 0.717) is 6.54 Å². The van der Waals surface area contributed by atoms with Crippen molar-refractivity contribution in [1.29, 1.82) is 0 Å². The summed E-state index contributed by atoms with van der Waals surface area (Å²) in [6.45, 7) is 2.40. The SMILES string of the molecule is CS(=O)(=O)N1[CH]CCC1. The molecule has 0 aromatic heterocycles. The molecular weight excluding hydrogens is 138 g/mol. The van der Waals surface area contributed by atoms with Crippen molar-refractivity contribution in [2.75, 3.05) is 12.8 Å². The van der Waals surface area contributed by atoms with E-state index in [-0.39, 0.29) is 0 Å². The highest BCUT2D eigenvalue weighted by Crippen LogP contribution is 2.14. The summed E-state index contributed by atoms with van der Waals surface area (Å²) in [7, 11) is -2.92. The highest BCUT2D eigenvalue weighted by Gasteiger charge is 2.20. The van der Waals surface area contributed by atoms with E-state index < -0.39 is 10.0 Å². The van der Waals surface area contributed by atoms with E-state index in [4.69, 9.17) is 0 Å². The molecule has 0 unspecified atom stereocenters. The lowest BCUT2D eigenvalue weighted by atomic mass is 10.4. The van der Waals surface area contributed by atoms with Crippen LogP contribution in [0.2, 0.25) is 0 Å². The average Bonchev–Trinajstić information content (AvgIpc) is 2.08. The molecule has 1 saturated heterocycles. The number of rotatable bonds is 1. The van der Waals surface area contributed by atoms with Crippen LogP contribution in [0.5, 0.6) is 0 Å². The van der Waals surface area contributed by atoms with Gasteiger partial charge in [0.05, 0.1) is 6.26 Å². The Morgan fingerprint density at radius 2 is 2.22 bits per heavy atom. The van der Waals surface area contributed by atoms with E-state index in [0.717, 1.165) is 12.8 Å². The molecule has 1 aliphatic heterocycles. The van der Waals surface area contributed by atoms with E-state index >= 15 is 0 Å². The molecule has 0 bridgehead atoms. The summed E-state index contributed by atoms with van der Waals surface area (Å²) in [5, 5.41) is 0. The summed E-state index contributed by atoms with van der Waals surface area (Å²) in [5.41, 5.74) is 0. The van der Waals surface area contributed by atoms with Gasteiger partial charge in [0.1, 0.15) is 0 Å². The highest BCUT2D eigenvalue weighted by molar-refractivity contribution is 7.88. The lowest BCUT2D eigenvalue weighted by Gasteiger charge is -2.09. The molecule has 0 saturated carbocycles. The predicted octanol–water partition coefficient (Wildman–Crippen LogP) is 0.204. The van der Waals surface area contributed by atoms with E-state index in [2.05, 4.69) is 0 Å². The molecule has 0 amide bonds. The molecule has 9 heavy (non-hydrogen) atoms. The number of nitrogens with zero attached hydrogens (tertiary/aromatic N) is 1. The lowest BCUT2D eigenvalue weighted by Crippen LogP contribution is -2.23. The maximum absolute atomic E-state index is 10.7. The molecule has 1 radical (unpaired) electrons. The zero-order valence-electron chi connectivity index (χ0n) is 5.37. The molecule has 53 valence electrons. The van der Waals surface area contributed by atoms with Gasteiger partial charge >= 0.3 is 0 Å². The van der Waals surface area contributed by atoms with Crippen LogP contribution in [0.25, 0.3) is 0 Å². The monoisotopic (exact) mass is 148 g/mol. The van der Waals surface area contributed by atoms with Crippen LogP contribution in [0.3, 0.4) is 0 Å². The third kappa shape index (κ3) is 1.66. The summed E-state index contributed by atoms with van der Waals surface area (Å²) in [6.07, 6.45) is 3.09. The summed E-state index contributed by atoms with van der Waals surface area (Å²) < 4.78 is 22.9. The summed E-state index contributed by atoms with van der Waals surface area (Å²) in [5.74, 6) is 0. The van der Waals surface area contributed by atoms with Gasteiger partial charge in [-0.1, -0.05) is 0 Å². The molecule has 0 aliphatic carbocycles. The van der Waals surface area contributed by atoms with Gasteiger partial charge < -0.3 is 0 Å². The second kappa shape index (κ2) is 2.27. The van der Waals surface area contributed by atoms with Gasteiger partial charge in [-0.25, -0.2) is 8.42 Å². The molecule has 3 nitrogen and oxygen atoms in total. The van der Waals surface area contributed by atoms with Crippen LogP contribution in [-0.4, -0.2) is 25.5 Å². The number of sulfonamides is 1. The maximum atomic E-state index is 10.7. The number of hydrogen-bond acceptors (Lipinski definition) is 2. The van der Waals surface area contributed by atoms with Gasteiger partial charge in [-0.3, -0.25) is 0 Å². The maximum Gasteiger partial charge on any atom is 0.211 e. The van der Waals surface area contributed by atoms with Crippen LogP contribution in [0, 0.1) is 6.54 Å². The third-order valence-corrected chi connectivity index (χ3v) is 2.52. The minimum Gasteiger partial charge on any atom is -0.212 e. The highest BCUT2D eigenvalue weighted by atomic mass is 32.2. The van der Waals surface area contributed by atoms with Crippen LogP contribution in [-0.2, 0) is 10.0 Å². The molecular formula is C5H10NO2S. The molecule has 1 fully saturated rings. The Morgan fingerprint density at radius 3 is 2.44 bits per heavy atom. The van der Waals surface area contributed by atoms with Gasteiger partial charge in [0.15, 0.2) is 0 Å². The van der Waals surface area contributed by atoms with E-state index in [1.165, 1.54) is 10.6 Å². The Hall–Kier alpha value is -0.0900. The number of hydrogen-bond donors (Lipinski definition) is 0.